The molecule has 2 aromatic heterocycles. The SMILES string of the molecule is FC(F)(F)c1nnc2ccc(N3CCCOCC3)nn12. The van der Waals surface area contributed by atoms with Crippen molar-refractivity contribution in [2.75, 3.05) is 31.2 Å². The second-order valence-electron chi connectivity index (χ2n) is 4.44. The summed E-state index contributed by atoms with van der Waals surface area (Å²) in [5, 5.41) is 10.6. The average molecular weight is 287 g/mol. The van der Waals surface area contributed by atoms with Crippen LogP contribution in [0.2, 0.25) is 0 Å². The topological polar surface area (TPSA) is 55.5 Å². The zero-order chi connectivity index (χ0) is 14.2. The van der Waals surface area contributed by atoms with Crippen molar-refractivity contribution in [3.63, 3.8) is 0 Å². The smallest absolute Gasteiger partial charge is 0.380 e. The molecule has 1 aliphatic heterocycles. The van der Waals surface area contributed by atoms with Crippen LogP contribution in [0.15, 0.2) is 12.1 Å². The van der Waals surface area contributed by atoms with Crippen LogP contribution in [0.25, 0.3) is 5.65 Å². The van der Waals surface area contributed by atoms with Crippen LogP contribution >= 0.6 is 0 Å². The summed E-state index contributed by atoms with van der Waals surface area (Å²) in [5.41, 5.74) is 0.0761. The van der Waals surface area contributed by atoms with Crippen molar-refractivity contribution in [2.45, 2.75) is 12.6 Å². The molecule has 0 amide bonds. The molecule has 9 heteroatoms. The van der Waals surface area contributed by atoms with Crippen molar-refractivity contribution in [2.24, 2.45) is 0 Å². The van der Waals surface area contributed by atoms with Crippen molar-refractivity contribution in [3.8, 4) is 0 Å². The molecular weight excluding hydrogens is 275 g/mol. The van der Waals surface area contributed by atoms with Crippen LogP contribution in [0.4, 0.5) is 19.0 Å². The van der Waals surface area contributed by atoms with Crippen LogP contribution < -0.4 is 4.90 Å². The van der Waals surface area contributed by atoms with E-state index in [0.717, 1.165) is 10.9 Å². The maximum absolute atomic E-state index is 12.8. The molecule has 0 saturated carbocycles. The van der Waals surface area contributed by atoms with E-state index in [9.17, 15) is 13.2 Å². The van der Waals surface area contributed by atoms with Crippen LogP contribution in [0.5, 0.6) is 0 Å². The summed E-state index contributed by atoms with van der Waals surface area (Å²) in [4.78, 5) is 1.90. The van der Waals surface area contributed by atoms with Gasteiger partial charge in [0.2, 0.25) is 0 Å². The van der Waals surface area contributed by atoms with E-state index in [0.29, 0.717) is 32.1 Å². The van der Waals surface area contributed by atoms with E-state index in [4.69, 9.17) is 4.74 Å². The molecule has 1 saturated heterocycles. The van der Waals surface area contributed by atoms with Crippen LogP contribution in [0.3, 0.4) is 0 Å². The summed E-state index contributed by atoms with van der Waals surface area (Å²) in [6.07, 6.45) is -3.76. The number of aromatic nitrogens is 4. The molecule has 20 heavy (non-hydrogen) atoms. The summed E-state index contributed by atoms with van der Waals surface area (Å²) in [5.74, 6) is -0.645. The largest absolute Gasteiger partial charge is 0.453 e. The first-order valence-corrected chi connectivity index (χ1v) is 6.18. The molecule has 3 heterocycles. The van der Waals surface area contributed by atoms with Crippen molar-refractivity contribution in [3.05, 3.63) is 18.0 Å². The first kappa shape index (κ1) is 13.1. The van der Waals surface area contributed by atoms with Crippen molar-refractivity contribution < 1.29 is 17.9 Å². The Morgan fingerprint density at radius 3 is 2.75 bits per heavy atom. The van der Waals surface area contributed by atoms with Gasteiger partial charge in [-0.2, -0.15) is 17.7 Å². The number of fused-ring (bicyclic) bond motifs is 1. The molecule has 0 N–H and O–H groups in total. The van der Waals surface area contributed by atoms with Crippen LogP contribution in [-0.4, -0.2) is 46.1 Å². The van der Waals surface area contributed by atoms with Crippen molar-refractivity contribution >= 4 is 11.5 Å². The van der Waals surface area contributed by atoms with E-state index in [2.05, 4.69) is 15.3 Å². The fraction of sp³-hybridized carbons (Fsp3) is 0.545. The third-order valence-corrected chi connectivity index (χ3v) is 3.05. The lowest BCUT2D eigenvalue weighted by atomic mass is 10.4. The highest BCUT2D eigenvalue weighted by Crippen LogP contribution is 2.27. The normalized spacial score (nSPS) is 17.4. The quantitative estimate of drug-likeness (QED) is 0.793. The number of alkyl halides is 3. The lowest BCUT2D eigenvalue weighted by Crippen LogP contribution is -2.27. The minimum absolute atomic E-state index is 0.0761. The molecule has 1 aliphatic rings. The monoisotopic (exact) mass is 287 g/mol. The van der Waals surface area contributed by atoms with Crippen LogP contribution in [-0.2, 0) is 10.9 Å². The summed E-state index contributed by atoms with van der Waals surface area (Å²) >= 11 is 0. The van der Waals surface area contributed by atoms with E-state index in [1.807, 2.05) is 4.90 Å². The maximum atomic E-state index is 12.8. The fourth-order valence-corrected chi connectivity index (χ4v) is 2.10. The highest BCUT2D eigenvalue weighted by Gasteiger charge is 2.37. The summed E-state index contributed by atoms with van der Waals surface area (Å²) in [6, 6.07) is 3.13. The third-order valence-electron chi connectivity index (χ3n) is 3.05. The number of halogens is 3. The summed E-state index contributed by atoms with van der Waals surface area (Å²) in [6.45, 7) is 2.48. The molecule has 0 aliphatic carbocycles. The Hall–Kier alpha value is -1.90. The van der Waals surface area contributed by atoms with Gasteiger partial charge in [-0.3, -0.25) is 0 Å². The van der Waals surface area contributed by atoms with Crippen molar-refractivity contribution in [1.82, 2.24) is 19.8 Å². The minimum atomic E-state index is -4.58. The first-order valence-electron chi connectivity index (χ1n) is 6.18. The molecule has 0 radical (unpaired) electrons. The first-order chi connectivity index (χ1) is 9.55. The van der Waals surface area contributed by atoms with Gasteiger partial charge in [-0.05, 0) is 18.6 Å². The molecule has 0 unspecified atom stereocenters. The van der Waals surface area contributed by atoms with E-state index < -0.39 is 12.0 Å². The zero-order valence-corrected chi connectivity index (χ0v) is 10.5. The number of hydrogen-bond acceptors (Lipinski definition) is 5. The molecule has 0 atom stereocenters. The minimum Gasteiger partial charge on any atom is -0.380 e. The second-order valence-corrected chi connectivity index (χ2v) is 4.44. The van der Waals surface area contributed by atoms with Gasteiger partial charge in [0, 0.05) is 19.7 Å². The molecule has 6 nitrogen and oxygen atoms in total. The Morgan fingerprint density at radius 1 is 1.10 bits per heavy atom. The van der Waals surface area contributed by atoms with E-state index >= 15 is 0 Å². The Morgan fingerprint density at radius 2 is 1.95 bits per heavy atom. The van der Waals surface area contributed by atoms with Gasteiger partial charge in [0.15, 0.2) is 5.65 Å². The Kier molecular flexibility index (Phi) is 3.20. The van der Waals surface area contributed by atoms with Gasteiger partial charge in [0.25, 0.3) is 5.82 Å². The molecule has 1 fully saturated rings. The number of anilines is 1. The van der Waals surface area contributed by atoms with E-state index in [1.54, 1.807) is 6.07 Å². The standard InChI is InChI=1S/C11H12F3N5O/c12-11(13,14)10-16-15-8-2-3-9(17-19(8)10)18-4-1-6-20-7-5-18/h2-3H,1,4-7H2. The number of nitrogens with zero attached hydrogens (tertiary/aromatic N) is 5. The van der Waals surface area contributed by atoms with Gasteiger partial charge in [-0.1, -0.05) is 0 Å². The highest BCUT2D eigenvalue weighted by molar-refractivity contribution is 5.46. The predicted molar refractivity (Wildman–Crippen MR) is 63.4 cm³/mol. The molecule has 3 rings (SSSR count). The number of hydrogen-bond donors (Lipinski definition) is 0. The van der Waals surface area contributed by atoms with Gasteiger partial charge in [-0.15, -0.1) is 15.3 Å². The Bertz CT molecular complexity index is 604. The van der Waals surface area contributed by atoms with Gasteiger partial charge in [0.05, 0.1) is 6.61 Å². The highest BCUT2D eigenvalue weighted by atomic mass is 19.4. The van der Waals surface area contributed by atoms with Crippen LogP contribution in [0.1, 0.15) is 12.2 Å². The molecule has 0 spiro atoms. The van der Waals surface area contributed by atoms with E-state index in [1.165, 1.54) is 6.07 Å². The predicted octanol–water partition coefficient (Wildman–Crippen LogP) is 1.37. The molecule has 0 aromatic carbocycles. The molecule has 0 bridgehead atoms. The average Bonchev–Trinajstić information content (AvgIpc) is 2.65. The van der Waals surface area contributed by atoms with E-state index in [-0.39, 0.29) is 5.65 Å². The van der Waals surface area contributed by atoms with Crippen molar-refractivity contribution in [1.29, 1.82) is 0 Å². The van der Waals surface area contributed by atoms with Gasteiger partial charge >= 0.3 is 6.18 Å². The molecule has 108 valence electrons. The molecule has 2 aromatic rings. The lowest BCUT2D eigenvalue weighted by Gasteiger charge is -2.20. The third kappa shape index (κ3) is 2.40. The van der Waals surface area contributed by atoms with Gasteiger partial charge in [0.1, 0.15) is 5.82 Å². The fourth-order valence-electron chi connectivity index (χ4n) is 2.10. The van der Waals surface area contributed by atoms with Crippen LogP contribution in [0, 0.1) is 0 Å². The van der Waals surface area contributed by atoms with Gasteiger partial charge < -0.3 is 9.64 Å². The Balaban J connectivity index is 2.00. The Labute approximate surface area is 112 Å². The zero-order valence-electron chi connectivity index (χ0n) is 10.5. The lowest BCUT2D eigenvalue weighted by molar-refractivity contribution is -0.146. The summed E-state index contributed by atoms with van der Waals surface area (Å²) in [7, 11) is 0. The molecular formula is C11H12F3N5O. The number of ether oxygens (including phenoxy) is 1. The van der Waals surface area contributed by atoms with Gasteiger partial charge in [-0.25, -0.2) is 0 Å². The summed E-state index contributed by atoms with van der Waals surface area (Å²) < 4.78 is 44.4. The maximum Gasteiger partial charge on any atom is 0.453 e. The number of rotatable bonds is 1. The second kappa shape index (κ2) is 4.89.